The van der Waals surface area contributed by atoms with Crippen LogP contribution < -0.4 is 0 Å². The summed E-state index contributed by atoms with van der Waals surface area (Å²) in [5.41, 5.74) is -0.526. The standard InChI is InChI=1S/C12H19NO4/c1-12(2,3)17-11(16)13-6-4-9(8-13)10(15)5-7-14/h7,9H,4-6,8H2,1-3H3. The first-order valence-electron chi connectivity index (χ1n) is 5.78. The van der Waals surface area contributed by atoms with Crippen LogP contribution in [0.4, 0.5) is 4.79 Å². The summed E-state index contributed by atoms with van der Waals surface area (Å²) in [6.45, 7) is 6.29. The Morgan fingerprint density at radius 2 is 2.06 bits per heavy atom. The van der Waals surface area contributed by atoms with Crippen molar-refractivity contribution in [3.63, 3.8) is 0 Å². The van der Waals surface area contributed by atoms with Crippen LogP contribution in [-0.4, -0.2) is 41.8 Å². The maximum absolute atomic E-state index is 11.7. The van der Waals surface area contributed by atoms with Crippen molar-refractivity contribution in [2.75, 3.05) is 13.1 Å². The maximum atomic E-state index is 11.7. The molecular formula is C12H19NO4. The minimum absolute atomic E-state index is 0.0627. The van der Waals surface area contributed by atoms with Gasteiger partial charge < -0.3 is 14.4 Å². The monoisotopic (exact) mass is 241 g/mol. The van der Waals surface area contributed by atoms with E-state index in [-0.39, 0.29) is 24.2 Å². The molecule has 5 nitrogen and oxygen atoms in total. The summed E-state index contributed by atoms with van der Waals surface area (Å²) in [4.78, 5) is 35.0. The van der Waals surface area contributed by atoms with Gasteiger partial charge in [0.25, 0.3) is 0 Å². The topological polar surface area (TPSA) is 63.7 Å². The fourth-order valence-corrected chi connectivity index (χ4v) is 1.76. The van der Waals surface area contributed by atoms with Crippen molar-refractivity contribution >= 4 is 18.2 Å². The van der Waals surface area contributed by atoms with Crippen molar-refractivity contribution in [3.8, 4) is 0 Å². The number of ether oxygens (including phenoxy) is 1. The van der Waals surface area contributed by atoms with Gasteiger partial charge in [-0.25, -0.2) is 4.79 Å². The van der Waals surface area contributed by atoms with Gasteiger partial charge in [0.2, 0.25) is 0 Å². The Kier molecular flexibility index (Phi) is 4.26. The third-order valence-electron chi connectivity index (χ3n) is 2.58. The van der Waals surface area contributed by atoms with E-state index in [4.69, 9.17) is 4.74 Å². The van der Waals surface area contributed by atoms with Crippen molar-refractivity contribution < 1.29 is 19.1 Å². The fourth-order valence-electron chi connectivity index (χ4n) is 1.76. The predicted molar refractivity (Wildman–Crippen MR) is 61.6 cm³/mol. The minimum Gasteiger partial charge on any atom is -0.444 e. The van der Waals surface area contributed by atoms with E-state index in [2.05, 4.69) is 0 Å². The molecule has 1 heterocycles. The smallest absolute Gasteiger partial charge is 0.410 e. The second kappa shape index (κ2) is 5.29. The predicted octanol–water partition coefficient (Wildman–Crippen LogP) is 1.40. The highest BCUT2D eigenvalue weighted by atomic mass is 16.6. The lowest BCUT2D eigenvalue weighted by molar-refractivity contribution is -0.125. The van der Waals surface area contributed by atoms with Crippen LogP contribution in [0.5, 0.6) is 0 Å². The van der Waals surface area contributed by atoms with E-state index < -0.39 is 5.60 Å². The Bertz CT molecular complexity index is 319. The van der Waals surface area contributed by atoms with E-state index in [0.717, 1.165) is 0 Å². The molecule has 1 aliphatic rings. The Labute approximate surface area is 101 Å². The van der Waals surface area contributed by atoms with Gasteiger partial charge in [-0.1, -0.05) is 0 Å². The van der Waals surface area contributed by atoms with Crippen molar-refractivity contribution in [3.05, 3.63) is 0 Å². The number of carbonyl (C=O) groups excluding carboxylic acids is 3. The Morgan fingerprint density at radius 3 is 2.59 bits per heavy atom. The van der Waals surface area contributed by atoms with Crippen molar-refractivity contribution in [2.45, 2.75) is 39.2 Å². The highest BCUT2D eigenvalue weighted by Crippen LogP contribution is 2.20. The van der Waals surface area contributed by atoms with E-state index in [1.54, 1.807) is 20.8 Å². The molecular weight excluding hydrogens is 222 g/mol. The third-order valence-corrected chi connectivity index (χ3v) is 2.58. The lowest BCUT2D eigenvalue weighted by Gasteiger charge is -2.24. The molecule has 0 spiro atoms. The van der Waals surface area contributed by atoms with Gasteiger partial charge in [-0.3, -0.25) is 4.79 Å². The number of hydrogen-bond acceptors (Lipinski definition) is 4. The average molecular weight is 241 g/mol. The zero-order valence-corrected chi connectivity index (χ0v) is 10.6. The summed E-state index contributed by atoms with van der Waals surface area (Å²) in [5, 5.41) is 0. The molecule has 1 fully saturated rings. The summed E-state index contributed by atoms with van der Waals surface area (Å²) < 4.78 is 5.22. The summed E-state index contributed by atoms with van der Waals surface area (Å²) in [6, 6.07) is 0. The fraction of sp³-hybridized carbons (Fsp3) is 0.750. The number of ketones is 1. The lowest BCUT2D eigenvalue weighted by atomic mass is 10.0. The van der Waals surface area contributed by atoms with Gasteiger partial charge in [0.15, 0.2) is 0 Å². The van der Waals surface area contributed by atoms with Crippen LogP contribution in [0.1, 0.15) is 33.6 Å². The number of carbonyl (C=O) groups is 3. The van der Waals surface area contributed by atoms with Gasteiger partial charge in [0.1, 0.15) is 17.7 Å². The number of Topliss-reactive ketones (excluding diaryl/α,β-unsaturated/α-hetero) is 1. The normalized spacial score (nSPS) is 20.2. The zero-order valence-electron chi connectivity index (χ0n) is 10.6. The Balaban J connectivity index is 2.47. The van der Waals surface area contributed by atoms with Gasteiger partial charge in [0.05, 0.1) is 6.42 Å². The first-order chi connectivity index (χ1) is 7.83. The van der Waals surface area contributed by atoms with E-state index in [1.807, 2.05) is 0 Å². The minimum atomic E-state index is -0.526. The molecule has 17 heavy (non-hydrogen) atoms. The molecule has 1 amide bonds. The number of likely N-dealkylation sites (tertiary alicyclic amines) is 1. The maximum Gasteiger partial charge on any atom is 0.410 e. The second-order valence-electron chi connectivity index (χ2n) is 5.25. The van der Waals surface area contributed by atoms with Gasteiger partial charge in [0, 0.05) is 19.0 Å². The molecule has 0 N–H and O–H groups in total. The number of rotatable bonds is 3. The van der Waals surface area contributed by atoms with Gasteiger partial charge in [-0.05, 0) is 27.2 Å². The van der Waals surface area contributed by atoms with Gasteiger partial charge in [-0.2, -0.15) is 0 Å². The van der Waals surface area contributed by atoms with E-state index in [9.17, 15) is 14.4 Å². The molecule has 1 rings (SSSR count). The third kappa shape index (κ3) is 4.17. The van der Waals surface area contributed by atoms with Crippen LogP contribution in [0, 0.1) is 5.92 Å². The highest BCUT2D eigenvalue weighted by Gasteiger charge is 2.32. The molecule has 1 aliphatic heterocycles. The van der Waals surface area contributed by atoms with E-state index in [1.165, 1.54) is 4.90 Å². The van der Waals surface area contributed by atoms with Crippen LogP contribution >= 0.6 is 0 Å². The SMILES string of the molecule is CC(C)(C)OC(=O)N1CCC(C(=O)CC=O)C1. The van der Waals surface area contributed by atoms with Gasteiger partial charge >= 0.3 is 6.09 Å². The summed E-state index contributed by atoms with van der Waals surface area (Å²) in [7, 11) is 0. The molecule has 0 bridgehead atoms. The van der Waals surface area contributed by atoms with Crippen LogP contribution in [-0.2, 0) is 14.3 Å². The molecule has 0 aromatic heterocycles. The molecule has 1 saturated heterocycles. The molecule has 96 valence electrons. The molecule has 5 heteroatoms. The molecule has 0 radical (unpaired) electrons. The van der Waals surface area contributed by atoms with Crippen molar-refractivity contribution in [1.29, 1.82) is 0 Å². The van der Waals surface area contributed by atoms with Crippen LogP contribution in [0.25, 0.3) is 0 Å². The Hall–Kier alpha value is -1.39. The highest BCUT2D eigenvalue weighted by molar-refractivity contribution is 5.92. The molecule has 0 aliphatic carbocycles. The average Bonchev–Trinajstić information content (AvgIpc) is 2.63. The first kappa shape index (κ1) is 13.7. The number of hydrogen-bond donors (Lipinski definition) is 0. The van der Waals surface area contributed by atoms with Crippen LogP contribution in [0.15, 0.2) is 0 Å². The second-order valence-corrected chi connectivity index (χ2v) is 5.25. The summed E-state index contributed by atoms with van der Waals surface area (Å²) in [6.07, 6.45) is 0.774. The number of nitrogens with zero attached hydrogens (tertiary/aromatic N) is 1. The molecule has 1 atom stereocenters. The molecule has 0 saturated carbocycles. The molecule has 0 aromatic carbocycles. The summed E-state index contributed by atoms with van der Waals surface area (Å²) >= 11 is 0. The number of amides is 1. The lowest BCUT2D eigenvalue weighted by Crippen LogP contribution is -2.35. The zero-order chi connectivity index (χ0) is 13.1. The quantitative estimate of drug-likeness (QED) is 0.553. The number of aldehydes is 1. The van der Waals surface area contributed by atoms with E-state index >= 15 is 0 Å². The summed E-state index contributed by atoms with van der Waals surface area (Å²) in [5.74, 6) is -0.307. The van der Waals surface area contributed by atoms with Crippen LogP contribution in [0.2, 0.25) is 0 Å². The van der Waals surface area contributed by atoms with Crippen molar-refractivity contribution in [2.24, 2.45) is 5.92 Å². The largest absolute Gasteiger partial charge is 0.444 e. The molecule has 1 unspecified atom stereocenters. The van der Waals surface area contributed by atoms with Gasteiger partial charge in [-0.15, -0.1) is 0 Å². The first-order valence-corrected chi connectivity index (χ1v) is 5.78. The van der Waals surface area contributed by atoms with E-state index in [0.29, 0.717) is 25.8 Å². The van der Waals surface area contributed by atoms with Crippen molar-refractivity contribution in [1.82, 2.24) is 4.90 Å². The molecule has 0 aromatic rings. The Morgan fingerprint density at radius 1 is 1.41 bits per heavy atom. The van der Waals surface area contributed by atoms with Crippen LogP contribution in [0.3, 0.4) is 0 Å².